The Balaban J connectivity index is 1.90. The van der Waals surface area contributed by atoms with Crippen LogP contribution in [0.15, 0.2) is 24.3 Å². The zero-order valence-corrected chi connectivity index (χ0v) is 9.72. The van der Waals surface area contributed by atoms with Gasteiger partial charge in [-0.1, -0.05) is 12.1 Å². The van der Waals surface area contributed by atoms with Gasteiger partial charge in [0.2, 0.25) is 18.1 Å². The summed E-state index contributed by atoms with van der Waals surface area (Å²) in [6, 6.07) is 6.69. The largest absolute Gasteiger partial charge is 0.491 e. The van der Waals surface area contributed by atoms with Crippen molar-refractivity contribution in [1.82, 2.24) is 4.90 Å². The number of carbonyl (C=O) groups is 2. The van der Waals surface area contributed by atoms with Crippen molar-refractivity contribution in [2.24, 2.45) is 0 Å². The van der Waals surface area contributed by atoms with Gasteiger partial charge in [0.15, 0.2) is 0 Å². The van der Waals surface area contributed by atoms with Crippen LogP contribution in [0.1, 0.15) is 18.4 Å². The van der Waals surface area contributed by atoms with E-state index in [9.17, 15) is 14.4 Å². The van der Waals surface area contributed by atoms with Crippen molar-refractivity contribution in [2.45, 2.75) is 12.8 Å². The second-order valence-electron chi connectivity index (χ2n) is 3.89. The molecular weight excluding hydrogens is 234 g/mol. The van der Waals surface area contributed by atoms with Crippen LogP contribution in [0.2, 0.25) is 0 Å². The molecule has 1 saturated heterocycles. The van der Waals surface area contributed by atoms with Crippen LogP contribution in [-0.4, -0.2) is 36.2 Å². The van der Waals surface area contributed by atoms with Crippen molar-refractivity contribution in [3.8, 4) is 5.75 Å². The average molecular weight is 246 g/mol. The van der Waals surface area contributed by atoms with E-state index in [0.29, 0.717) is 11.3 Å². The number of likely N-dealkylation sites (tertiary alicyclic amines) is 1. The first kappa shape index (κ1) is 12.3. The Morgan fingerprint density at radius 3 is 2.50 bits per heavy atom. The summed E-state index contributed by atoms with van der Waals surface area (Å²) in [6.07, 6.45) is 2.32. The van der Waals surface area contributed by atoms with Gasteiger partial charge in [0.1, 0.15) is 12.4 Å². The van der Waals surface area contributed by atoms with Crippen LogP contribution >= 0.6 is 0 Å². The number of imide groups is 1. The monoisotopic (exact) mass is 246 g/mol. The van der Waals surface area contributed by atoms with Gasteiger partial charge < -0.3 is 4.74 Å². The number of hydrogen-bond donors (Lipinski definition) is 0. The first-order chi connectivity index (χ1) is 8.72. The minimum atomic E-state index is -0.168. The molecule has 0 saturated carbocycles. The van der Waals surface area contributed by atoms with Crippen LogP contribution in [-0.2, 0) is 14.4 Å². The molecule has 0 aliphatic carbocycles. The highest BCUT2D eigenvalue weighted by molar-refractivity contribution is 6.01. The summed E-state index contributed by atoms with van der Waals surface area (Å²) in [7, 11) is 0. The lowest BCUT2D eigenvalue weighted by Crippen LogP contribution is -2.33. The van der Waals surface area contributed by atoms with Crippen LogP contribution < -0.4 is 4.74 Å². The van der Waals surface area contributed by atoms with Crippen molar-refractivity contribution in [2.75, 3.05) is 13.2 Å². The van der Waals surface area contributed by atoms with Gasteiger partial charge in [-0.2, -0.15) is 0 Å². The van der Waals surface area contributed by atoms with Gasteiger partial charge in [-0.15, -0.1) is 0 Å². The third-order valence-corrected chi connectivity index (χ3v) is 2.72. The standard InChI is InChI=1S/C13H12NO4/c15-9-10-3-1-2-4-11(10)18-8-7-14-12(16)5-6-13(14)17/h1-4H,5-8H2. The molecule has 2 rings (SSSR count). The lowest BCUT2D eigenvalue weighted by molar-refractivity contribution is -0.138. The smallest absolute Gasteiger partial charge is 0.237 e. The highest BCUT2D eigenvalue weighted by Gasteiger charge is 2.28. The number of ether oxygens (including phenoxy) is 1. The number of nitrogens with zero attached hydrogens (tertiary/aromatic N) is 1. The zero-order valence-electron chi connectivity index (χ0n) is 9.72. The summed E-state index contributed by atoms with van der Waals surface area (Å²) in [5.41, 5.74) is 0.330. The first-order valence-electron chi connectivity index (χ1n) is 5.65. The Hall–Kier alpha value is -2.17. The quantitative estimate of drug-likeness (QED) is 0.716. The number of hydrogen-bond acceptors (Lipinski definition) is 4. The Labute approximate surface area is 104 Å². The highest BCUT2D eigenvalue weighted by atomic mass is 16.5. The van der Waals surface area contributed by atoms with E-state index in [1.807, 2.05) is 0 Å². The topological polar surface area (TPSA) is 63.7 Å². The van der Waals surface area contributed by atoms with Crippen LogP contribution in [0.4, 0.5) is 0 Å². The minimum absolute atomic E-state index is 0.168. The average Bonchev–Trinajstić information content (AvgIpc) is 2.71. The fraction of sp³-hybridized carbons (Fsp3) is 0.308. The summed E-state index contributed by atoms with van der Waals surface area (Å²) in [4.78, 5) is 34.5. The maximum Gasteiger partial charge on any atom is 0.237 e. The van der Waals surface area contributed by atoms with E-state index in [4.69, 9.17) is 4.74 Å². The molecular formula is C13H12NO4. The Morgan fingerprint density at radius 2 is 1.83 bits per heavy atom. The highest BCUT2D eigenvalue weighted by Crippen LogP contribution is 2.16. The van der Waals surface area contributed by atoms with E-state index in [2.05, 4.69) is 0 Å². The van der Waals surface area contributed by atoms with E-state index in [1.165, 1.54) is 4.90 Å². The molecule has 2 amide bonds. The molecule has 5 nitrogen and oxygen atoms in total. The molecule has 0 spiro atoms. The predicted molar refractivity (Wildman–Crippen MR) is 62.7 cm³/mol. The van der Waals surface area contributed by atoms with Crippen molar-refractivity contribution >= 4 is 18.1 Å². The van der Waals surface area contributed by atoms with E-state index in [-0.39, 0.29) is 37.8 Å². The molecule has 1 aromatic carbocycles. The number of amides is 2. The third kappa shape index (κ3) is 2.56. The molecule has 0 unspecified atom stereocenters. The number of carbonyl (C=O) groups excluding carboxylic acids is 3. The molecule has 1 aliphatic heterocycles. The van der Waals surface area contributed by atoms with Crippen LogP contribution in [0.5, 0.6) is 5.75 Å². The molecule has 1 heterocycles. The summed E-state index contributed by atoms with van der Waals surface area (Å²) < 4.78 is 5.38. The van der Waals surface area contributed by atoms with Crippen LogP contribution in [0.3, 0.4) is 0 Å². The van der Waals surface area contributed by atoms with Crippen molar-refractivity contribution < 1.29 is 19.1 Å². The van der Waals surface area contributed by atoms with Gasteiger partial charge in [-0.3, -0.25) is 19.3 Å². The maximum absolute atomic E-state index is 11.3. The fourth-order valence-electron chi connectivity index (χ4n) is 1.80. The molecule has 93 valence electrons. The van der Waals surface area contributed by atoms with E-state index in [1.54, 1.807) is 30.6 Å². The molecule has 0 atom stereocenters. The first-order valence-corrected chi connectivity index (χ1v) is 5.65. The predicted octanol–water partition coefficient (Wildman–Crippen LogP) is 0.672. The van der Waals surface area contributed by atoms with E-state index in [0.717, 1.165) is 0 Å². The van der Waals surface area contributed by atoms with Gasteiger partial charge in [0, 0.05) is 12.8 Å². The van der Waals surface area contributed by atoms with Crippen molar-refractivity contribution in [1.29, 1.82) is 0 Å². The Bertz CT molecular complexity index is 468. The van der Waals surface area contributed by atoms with E-state index >= 15 is 0 Å². The number of para-hydroxylation sites is 1. The third-order valence-electron chi connectivity index (χ3n) is 2.72. The second kappa shape index (κ2) is 5.44. The van der Waals surface area contributed by atoms with Gasteiger partial charge in [0.05, 0.1) is 12.1 Å². The summed E-state index contributed by atoms with van der Waals surface area (Å²) in [5.74, 6) is 0.0734. The summed E-state index contributed by atoms with van der Waals surface area (Å²) in [5, 5.41) is 0. The van der Waals surface area contributed by atoms with Gasteiger partial charge in [-0.05, 0) is 12.1 Å². The van der Waals surface area contributed by atoms with Crippen LogP contribution in [0, 0.1) is 0 Å². The lowest BCUT2D eigenvalue weighted by atomic mass is 10.2. The Morgan fingerprint density at radius 1 is 1.17 bits per heavy atom. The van der Waals surface area contributed by atoms with Crippen molar-refractivity contribution in [3.63, 3.8) is 0 Å². The number of rotatable bonds is 5. The maximum atomic E-state index is 11.3. The fourth-order valence-corrected chi connectivity index (χ4v) is 1.80. The molecule has 1 aromatic rings. The summed E-state index contributed by atoms with van der Waals surface area (Å²) in [6.45, 7) is 0.390. The summed E-state index contributed by atoms with van der Waals surface area (Å²) >= 11 is 0. The van der Waals surface area contributed by atoms with Crippen molar-refractivity contribution in [3.05, 3.63) is 29.8 Å². The van der Waals surface area contributed by atoms with Crippen LogP contribution in [0.25, 0.3) is 0 Å². The second-order valence-corrected chi connectivity index (χ2v) is 3.89. The molecule has 0 bridgehead atoms. The normalized spacial score (nSPS) is 15.0. The molecule has 0 aromatic heterocycles. The minimum Gasteiger partial charge on any atom is -0.491 e. The van der Waals surface area contributed by atoms with Gasteiger partial charge >= 0.3 is 0 Å². The lowest BCUT2D eigenvalue weighted by Gasteiger charge is -2.14. The molecule has 1 radical (unpaired) electrons. The molecule has 0 N–H and O–H groups in total. The SMILES string of the molecule is O=[C]c1ccccc1OCCN1C(=O)CCC1=O. The molecule has 5 heteroatoms. The Kier molecular flexibility index (Phi) is 3.72. The zero-order chi connectivity index (χ0) is 13.0. The van der Waals surface area contributed by atoms with E-state index < -0.39 is 0 Å². The molecule has 1 fully saturated rings. The van der Waals surface area contributed by atoms with Gasteiger partial charge in [-0.25, -0.2) is 0 Å². The molecule has 1 aliphatic rings. The number of benzene rings is 1. The van der Waals surface area contributed by atoms with Gasteiger partial charge in [0.25, 0.3) is 0 Å². The molecule has 18 heavy (non-hydrogen) atoms.